The van der Waals surface area contributed by atoms with E-state index in [9.17, 15) is 4.79 Å². The first kappa shape index (κ1) is 17.5. The second-order valence-electron chi connectivity index (χ2n) is 6.01. The lowest BCUT2D eigenvalue weighted by Gasteiger charge is -2.09. The van der Waals surface area contributed by atoms with Crippen LogP contribution in [-0.2, 0) is 6.54 Å². The summed E-state index contributed by atoms with van der Waals surface area (Å²) in [4.78, 5) is 12.7. The lowest BCUT2D eigenvalue weighted by atomic mass is 10.2. The Morgan fingerprint density at radius 2 is 1.96 bits per heavy atom. The quantitative estimate of drug-likeness (QED) is 0.496. The zero-order chi connectivity index (χ0) is 18.0. The highest BCUT2D eigenvalue weighted by molar-refractivity contribution is 7.99. The molecule has 2 heterocycles. The van der Waals surface area contributed by atoms with Gasteiger partial charge in [0.1, 0.15) is 6.33 Å². The van der Waals surface area contributed by atoms with Gasteiger partial charge in [0.2, 0.25) is 0 Å². The van der Waals surface area contributed by atoms with Gasteiger partial charge in [-0.1, -0.05) is 30.0 Å². The van der Waals surface area contributed by atoms with Gasteiger partial charge in [-0.2, -0.15) is 0 Å². The lowest BCUT2D eigenvalue weighted by Crippen LogP contribution is -2.07. The van der Waals surface area contributed by atoms with E-state index in [1.54, 1.807) is 6.33 Å². The Balaban J connectivity index is 1.78. The Labute approximate surface area is 152 Å². The van der Waals surface area contributed by atoms with Gasteiger partial charge in [0.15, 0.2) is 10.9 Å². The van der Waals surface area contributed by atoms with Crippen molar-refractivity contribution < 1.29 is 4.79 Å². The molecule has 0 spiro atoms. The second-order valence-corrected chi connectivity index (χ2v) is 6.95. The number of hydrogen-bond donors (Lipinski definition) is 0. The van der Waals surface area contributed by atoms with E-state index in [1.807, 2.05) is 42.7 Å². The number of nitrogens with zero attached hydrogens (tertiary/aromatic N) is 4. The summed E-state index contributed by atoms with van der Waals surface area (Å²) < 4.78 is 4.09. The SMILES string of the molecule is CCn1c(C)cc(C(=O)CSc2nncn2-c2ccccc2C)c1C. The second kappa shape index (κ2) is 7.27. The standard InChI is InChI=1S/C19H22N4OS/c1-5-22-14(3)10-16(15(22)4)18(24)11-25-19-21-20-12-23(19)17-9-7-6-8-13(17)2/h6-10,12H,5,11H2,1-4H3. The normalized spacial score (nSPS) is 11.0. The van der Waals surface area contributed by atoms with E-state index in [2.05, 4.69) is 34.7 Å². The Hall–Kier alpha value is -2.34. The topological polar surface area (TPSA) is 52.7 Å². The van der Waals surface area contributed by atoms with E-state index in [0.717, 1.165) is 39.9 Å². The summed E-state index contributed by atoms with van der Waals surface area (Å²) in [5, 5.41) is 8.92. The minimum Gasteiger partial charge on any atom is -0.349 e. The fraction of sp³-hybridized carbons (Fsp3) is 0.316. The van der Waals surface area contributed by atoms with Crippen molar-refractivity contribution >= 4 is 17.5 Å². The van der Waals surface area contributed by atoms with Crippen molar-refractivity contribution in [3.8, 4) is 5.69 Å². The molecule has 6 heteroatoms. The largest absolute Gasteiger partial charge is 0.349 e. The van der Waals surface area contributed by atoms with Crippen LogP contribution in [0, 0.1) is 20.8 Å². The maximum atomic E-state index is 12.7. The maximum Gasteiger partial charge on any atom is 0.196 e. The number of aromatic nitrogens is 4. The van der Waals surface area contributed by atoms with Crippen molar-refractivity contribution in [2.24, 2.45) is 0 Å². The highest BCUT2D eigenvalue weighted by Crippen LogP contribution is 2.24. The third kappa shape index (κ3) is 3.39. The van der Waals surface area contributed by atoms with Gasteiger partial charge >= 0.3 is 0 Å². The molecule has 0 aliphatic heterocycles. The Morgan fingerprint density at radius 3 is 2.64 bits per heavy atom. The predicted octanol–water partition coefficient (Wildman–Crippen LogP) is 3.99. The molecule has 0 atom stereocenters. The monoisotopic (exact) mass is 354 g/mol. The van der Waals surface area contributed by atoms with Crippen molar-refractivity contribution in [3.63, 3.8) is 0 Å². The molecule has 0 bridgehead atoms. The number of carbonyl (C=O) groups is 1. The zero-order valence-electron chi connectivity index (χ0n) is 15.0. The maximum absolute atomic E-state index is 12.7. The van der Waals surface area contributed by atoms with Crippen LogP contribution < -0.4 is 0 Å². The van der Waals surface area contributed by atoms with Gasteiger partial charge in [0.25, 0.3) is 0 Å². The van der Waals surface area contributed by atoms with Gasteiger partial charge in [-0.15, -0.1) is 10.2 Å². The van der Waals surface area contributed by atoms with Gasteiger partial charge in [-0.05, 0) is 45.4 Å². The van der Waals surface area contributed by atoms with E-state index >= 15 is 0 Å². The van der Waals surface area contributed by atoms with E-state index in [4.69, 9.17) is 0 Å². The summed E-state index contributed by atoms with van der Waals surface area (Å²) in [6, 6.07) is 10.0. The number of para-hydroxylation sites is 1. The van der Waals surface area contributed by atoms with E-state index in [0.29, 0.717) is 5.75 Å². The molecule has 0 saturated heterocycles. The molecule has 3 rings (SSSR count). The molecule has 0 aliphatic carbocycles. The van der Waals surface area contributed by atoms with Crippen LogP contribution in [0.2, 0.25) is 0 Å². The third-order valence-corrected chi connectivity index (χ3v) is 5.36. The molecular formula is C19H22N4OS. The summed E-state index contributed by atoms with van der Waals surface area (Å²) >= 11 is 1.42. The number of aryl methyl sites for hydroxylation is 2. The van der Waals surface area contributed by atoms with E-state index in [-0.39, 0.29) is 5.78 Å². The molecule has 5 nitrogen and oxygen atoms in total. The average molecular weight is 354 g/mol. The number of rotatable bonds is 6. The molecular weight excluding hydrogens is 332 g/mol. The Kier molecular flexibility index (Phi) is 5.08. The van der Waals surface area contributed by atoms with Crippen LogP contribution in [0.1, 0.15) is 34.2 Å². The number of thioether (sulfide) groups is 1. The molecule has 130 valence electrons. The van der Waals surface area contributed by atoms with Gasteiger partial charge in [0.05, 0.1) is 11.4 Å². The summed E-state index contributed by atoms with van der Waals surface area (Å²) in [6.45, 7) is 9.06. The number of hydrogen-bond acceptors (Lipinski definition) is 4. The van der Waals surface area contributed by atoms with Crippen molar-refractivity contribution in [2.75, 3.05) is 5.75 Å². The molecule has 0 radical (unpaired) electrons. The fourth-order valence-corrected chi connectivity index (χ4v) is 3.90. The van der Waals surface area contributed by atoms with Crippen LogP contribution in [0.4, 0.5) is 0 Å². The van der Waals surface area contributed by atoms with Gasteiger partial charge in [-0.3, -0.25) is 9.36 Å². The van der Waals surface area contributed by atoms with Crippen LogP contribution in [0.25, 0.3) is 5.69 Å². The van der Waals surface area contributed by atoms with Gasteiger partial charge < -0.3 is 4.57 Å². The van der Waals surface area contributed by atoms with E-state index < -0.39 is 0 Å². The molecule has 0 saturated carbocycles. The molecule has 0 N–H and O–H groups in total. The van der Waals surface area contributed by atoms with Crippen LogP contribution >= 0.6 is 11.8 Å². The predicted molar refractivity (Wildman–Crippen MR) is 101 cm³/mol. The zero-order valence-corrected chi connectivity index (χ0v) is 15.8. The highest BCUT2D eigenvalue weighted by Gasteiger charge is 2.17. The molecule has 0 amide bonds. The summed E-state index contributed by atoms with van der Waals surface area (Å²) in [6.07, 6.45) is 1.69. The van der Waals surface area contributed by atoms with Crippen molar-refractivity contribution in [2.45, 2.75) is 39.4 Å². The van der Waals surface area contributed by atoms with Crippen LogP contribution in [0.15, 0.2) is 41.8 Å². The van der Waals surface area contributed by atoms with E-state index in [1.165, 1.54) is 11.8 Å². The minimum absolute atomic E-state index is 0.122. The molecule has 0 aliphatic rings. The Bertz CT molecular complexity index is 910. The summed E-state index contributed by atoms with van der Waals surface area (Å²) in [5.74, 6) is 0.468. The van der Waals surface area contributed by atoms with Crippen LogP contribution in [-0.4, -0.2) is 30.9 Å². The average Bonchev–Trinajstić information content (AvgIpc) is 3.17. The molecule has 2 aromatic heterocycles. The number of carbonyl (C=O) groups excluding carboxylic acids is 1. The molecule has 1 aromatic carbocycles. The molecule has 0 unspecified atom stereocenters. The first-order chi connectivity index (χ1) is 12.0. The third-order valence-electron chi connectivity index (χ3n) is 4.41. The molecule has 3 aromatic rings. The van der Waals surface area contributed by atoms with Crippen molar-refractivity contribution in [1.82, 2.24) is 19.3 Å². The minimum atomic E-state index is 0.122. The smallest absolute Gasteiger partial charge is 0.196 e. The first-order valence-electron chi connectivity index (χ1n) is 8.31. The number of Topliss-reactive ketones (excluding diaryl/α,β-unsaturated/α-hetero) is 1. The van der Waals surface area contributed by atoms with Crippen molar-refractivity contribution in [1.29, 1.82) is 0 Å². The summed E-state index contributed by atoms with van der Waals surface area (Å²) in [7, 11) is 0. The first-order valence-corrected chi connectivity index (χ1v) is 9.30. The molecule has 25 heavy (non-hydrogen) atoms. The van der Waals surface area contributed by atoms with Crippen LogP contribution in [0.3, 0.4) is 0 Å². The van der Waals surface area contributed by atoms with Crippen molar-refractivity contribution in [3.05, 3.63) is 59.2 Å². The molecule has 0 fully saturated rings. The fourth-order valence-electron chi connectivity index (χ4n) is 3.10. The highest BCUT2D eigenvalue weighted by atomic mass is 32.2. The lowest BCUT2D eigenvalue weighted by molar-refractivity contribution is 0.102. The summed E-state index contributed by atoms with van der Waals surface area (Å²) in [5.41, 5.74) is 5.13. The van der Waals surface area contributed by atoms with Crippen LogP contribution in [0.5, 0.6) is 0 Å². The van der Waals surface area contributed by atoms with Gasteiger partial charge in [-0.25, -0.2) is 0 Å². The Morgan fingerprint density at radius 1 is 1.20 bits per heavy atom. The number of benzene rings is 1. The number of ketones is 1. The van der Waals surface area contributed by atoms with Gasteiger partial charge in [0, 0.05) is 23.5 Å².